The monoisotopic (exact) mass is 341 g/mol. The molecule has 0 spiro atoms. The first-order valence-corrected chi connectivity index (χ1v) is 6.75. The quantitative estimate of drug-likeness (QED) is 0.858. The normalized spacial score (nSPS) is 12.6. The molecule has 1 N–H and O–H groups in total. The summed E-state index contributed by atoms with van der Waals surface area (Å²) in [7, 11) is 1.97. The summed E-state index contributed by atoms with van der Waals surface area (Å²) in [6.07, 6.45) is 0.945. The molecule has 0 saturated heterocycles. The molecule has 2 aromatic rings. The maximum Gasteiger partial charge on any atom is 0.121 e. The lowest BCUT2D eigenvalue weighted by Gasteiger charge is -2.13. The molecule has 1 atom stereocenters. The minimum atomic E-state index is 0.240. The molecule has 0 amide bonds. The first-order valence-electron chi connectivity index (χ1n) is 5.67. The number of aryl methyl sites for hydroxylation is 1. The van der Waals surface area contributed by atoms with Crippen LogP contribution in [0.2, 0.25) is 0 Å². The Kier molecular flexibility index (Phi) is 4.23. The largest absolute Gasteiger partial charge is 0.465 e. The minimum absolute atomic E-state index is 0.240. The Morgan fingerprint density at radius 3 is 2.41 bits per heavy atom. The van der Waals surface area contributed by atoms with Crippen molar-refractivity contribution >= 4 is 22.6 Å². The van der Waals surface area contributed by atoms with Gasteiger partial charge in [0.1, 0.15) is 11.5 Å². The van der Waals surface area contributed by atoms with Gasteiger partial charge in [-0.25, -0.2) is 0 Å². The summed E-state index contributed by atoms with van der Waals surface area (Å²) in [4.78, 5) is 0. The first kappa shape index (κ1) is 12.6. The maximum absolute atomic E-state index is 5.67. The van der Waals surface area contributed by atoms with Crippen LogP contribution in [0.15, 0.2) is 40.8 Å². The summed E-state index contributed by atoms with van der Waals surface area (Å²) in [6, 6.07) is 12.9. The van der Waals surface area contributed by atoms with Crippen molar-refractivity contribution in [2.24, 2.45) is 0 Å². The van der Waals surface area contributed by atoms with Crippen LogP contribution in [-0.4, -0.2) is 7.05 Å². The molecule has 2 nitrogen and oxygen atoms in total. The molecular weight excluding hydrogens is 325 g/mol. The van der Waals surface area contributed by atoms with Crippen LogP contribution in [0.3, 0.4) is 0 Å². The van der Waals surface area contributed by atoms with E-state index in [1.807, 2.05) is 26.1 Å². The third kappa shape index (κ3) is 3.33. The third-order valence-electron chi connectivity index (χ3n) is 2.81. The first-order chi connectivity index (χ1) is 8.19. The minimum Gasteiger partial charge on any atom is -0.465 e. The number of likely N-dealkylation sites (N-methyl/N-ethyl adjacent to an activating group) is 1. The van der Waals surface area contributed by atoms with Gasteiger partial charge in [-0.1, -0.05) is 12.1 Å². The van der Waals surface area contributed by atoms with Crippen LogP contribution < -0.4 is 5.32 Å². The lowest BCUT2D eigenvalue weighted by Crippen LogP contribution is -2.18. The summed E-state index contributed by atoms with van der Waals surface area (Å²) in [5.74, 6) is 1.96. The maximum atomic E-state index is 5.67. The Morgan fingerprint density at radius 1 is 1.18 bits per heavy atom. The number of halogens is 1. The molecule has 2 rings (SSSR count). The van der Waals surface area contributed by atoms with Gasteiger partial charge in [-0.3, -0.25) is 0 Å². The van der Waals surface area contributed by atoms with E-state index < -0.39 is 0 Å². The van der Waals surface area contributed by atoms with Crippen LogP contribution in [-0.2, 0) is 6.42 Å². The van der Waals surface area contributed by atoms with E-state index in [-0.39, 0.29) is 6.04 Å². The Bertz CT molecular complexity index is 475. The molecule has 1 heterocycles. The second-order valence-corrected chi connectivity index (χ2v) is 5.37. The number of hydrogen-bond donors (Lipinski definition) is 1. The summed E-state index contributed by atoms with van der Waals surface area (Å²) in [6.45, 7) is 1.97. The molecule has 3 heteroatoms. The Balaban J connectivity index is 2.12. The lowest BCUT2D eigenvalue weighted by molar-refractivity contribution is 0.414. The van der Waals surface area contributed by atoms with E-state index in [1.165, 1.54) is 9.13 Å². The standard InChI is InChI=1S/C14H16INO/c1-10-3-8-14(17-10)13(16-2)9-11-4-6-12(15)7-5-11/h3-8,13,16H,9H2,1-2H3. The molecule has 0 bridgehead atoms. The van der Waals surface area contributed by atoms with Crippen molar-refractivity contribution in [1.29, 1.82) is 0 Å². The molecule has 0 fully saturated rings. The molecule has 0 aliphatic carbocycles. The number of nitrogens with one attached hydrogen (secondary N) is 1. The molecule has 1 aromatic carbocycles. The molecule has 90 valence electrons. The van der Waals surface area contributed by atoms with Crippen LogP contribution in [0.4, 0.5) is 0 Å². The van der Waals surface area contributed by atoms with E-state index in [0.29, 0.717) is 0 Å². The number of benzene rings is 1. The van der Waals surface area contributed by atoms with Gasteiger partial charge in [0.2, 0.25) is 0 Å². The van der Waals surface area contributed by atoms with Gasteiger partial charge in [-0.05, 0) is 72.8 Å². The van der Waals surface area contributed by atoms with Gasteiger partial charge in [0.15, 0.2) is 0 Å². The van der Waals surface area contributed by atoms with Gasteiger partial charge in [0.05, 0.1) is 6.04 Å². The number of furan rings is 1. The highest BCUT2D eigenvalue weighted by Gasteiger charge is 2.13. The highest BCUT2D eigenvalue weighted by atomic mass is 127. The van der Waals surface area contributed by atoms with E-state index >= 15 is 0 Å². The predicted molar refractivity (Wildman–Crippen MR) is 78.1 cm³/mol. The Morgan fingerprint density at radius 2 is 1.88 bits per heavy atom. The fourth-order valence-corrected chi connectivity index (χ4v) is 2.20. The highest BCUT2D eigenvalue weighted by molar-refractivity contribution is 14.1. The zero-order valence-corrected chi connectivity index (χ0v) is 12.2. The molecule has 17 heavy (non-hydrogen) atoms. The zero-order valence-electron chi connectivity index (χ0n) is 10.0. The third-order valence-corrected chi connectivity index (χ3v) is 3.53. The van der Waals surface area contributed by atoms with Crippen molar-refractivity contribution in [3.8, 4) is 0 Å². The highest BCUT2D eigenvalue weighted by Crippen LogP contribution is 2.20. The van der Waals surface area contributed by atoms with Gasteiger partial charge in [0, 0.05) is 3.57 Å². The molecule has 0 aliphatic rings. The van der Waals surface area contributed by atoms with Crippen LogP contribution in [0.25, 0.3) is 0 Å². The van der Waals surface area contributed by atoms with Gasteiger partial charge in [0.25, 0.3) is 0 Å². The summed E-state index contributed by atoms with van der Waals surface area (Å²) in [5.41, 5.74) is 1.32. The smallest absolute Gasteiger partial charge is 0.121 e. The van der Waals surface area contributed by atoms with Gasteiger partial charge in [-0.15, -0.1) is 0 Å². The molecule has 1 unspecified atom stereocenters. The Labute approximate surface area is 116 Å². The second kappa shape index (κ2) is 5.69. The average Bonchev–Trinajstić information content (AvgIpc) is 2.75. The van der Waals surface area contributed by atoms with Gasteiger partial charge < -0.3 is 9.73 Å². The van der Waals surface area contributed by atoms with E-state index in [4.69, 9.17) is 4.42 Å². The molecule has 1 aromatic heterocycles. The van der Waals surface area contributed by atoms with E-state index in [1.54, 1.807) is 0 Å². The fourth-order valence-electron chi connectivity index (χ4n) is 1.84. The summed E-state index contributed by atoms with van der Waals surface area (Å²) >= 11 is 2.32. The number of rotatable bonds is 4. The van der Waals surface area contributed by atoms with Crippen LogP contribution in [0.5, 0.6) is 0 Å². The van der Waals surface area contributed by atoms with Gasteiger partial charge >= 0.3 is 0 Å². The summed E-state index contributed by atoms with van der Waals surface area (Å²) < 4.78 is 6.93. The van der Waals surface area contributed by atoms with Crippen molar-refractivity contribution in [3.05, 3.63) is 57.1 Å². The van der Waals surface area contributed by atoms with Crippen LogP contribution in [0.1, 0.15) is 23.1 Å². The van der Waals surface area contributed by atoms with E-state index in [9.17, 15) is 0 Å². The van der Waals surface area contributed by atoms with Crippen molar-refractivity contribution in [3.63, 3.8) is 0 Å². The molecular formula is C14H16INO. The fraction of sp³-hybridized carbons (Fsp3) is 0.286. The lowest BCUT2D eigenvalue weighted by atomic mass is 10.0. The van der Waals surface area contributed by atoms with Crippen molar-refractivity contribution in [1.82, 2.24) is 5.32 Å². The SMILES string of the molecule is CNC(Cc1ccc(I)cc1)c1ccc(C)o1. The zero-order chi connectivity index (χ0) is 12.3. The second-order valence-electron chi connectivity index (χ2n) is 4.12. The van der Waals surface area contributed by atoms with Crippen molar-refractivity contribution < 1.29 is 4.42 Å². The van der Waals surface area contributed by atoms with E-state index in [0.717, 1.165) is 17.9 Å². The molecule has 0 saturated carbocycles. The van der Waals surface area contributed by atoms with Gasteiger partial charge in [-0.2, -0.15) is 0 Å². The van der Waals surface area contributed by atoms with Crippen LogP contribution >= 0.6 is 22.6 Å². The topological polar surface area (TPSA) is 25.2 Å². The average molecular weight is 341 g/mol. The molecule has 0 aliphatic heterocycles. The van der Waals surface area contributed by atoms with Crippen LogP contribution in [0, 0.1) is 10.5 Å². The predicted octanol–water partition coefficient (Wildman–Crippen LogP) is 3.70. The van der Waals surface area contributed by atoms with E-state index in [2.05, 4.69) is 52.2 Å². The summed E-state index contributed by atoms with van der Waals surface area (Å²) in [5, 5.41) is 3.30. The Hall–Kier alpha value is -0.810. The molecule has 0 radical (unpaired) electrons. The van der Waals surface area contributed by atoms with Crippen molar-refractivity contribution in [2.45, 2.75) is 19.4 Å². The van der Waals surface area contributed by atoms with Crippen molar-refractivity contribution in [2.75, 3.05) is 7.05 Å². The number of hydrogen-bond acceptors (Lipinski definition) is 2.